The molecule has 0 radical (unpaired) electrons. The zero-order valence-corrected chi connectivity index (χ0v) is 11.2. The fraction of sp³-hybridized carbons (Fsp3) is 0.385. The van der Waals surface area contributed by atoms with Gasteiger partial charge in [-0.05, 0) is 18.9 Å². The Morgan fingerprint density at radius 2 is 2.33 bits per heavy atom. The van der Waals surface area contributed by atoms with Crippen LogP contribution in [-0.4, -0.2) is 53.8 Å². The van der Waals surface area contributed by atoms with E-state index in [4.69, 9.17) is 0 Å². The highest BCUT2D eigenvalue weighted by atomic mass is 16.4. The predicted octanol–water partition coefficient (Wildman–Crippen LogP) is 1.46. The molecule has 8 nitrogen and oxygen atoms in total. The van der Waals surface area contributed by atoms with E-state index in [1.54, 1.807) is 6.20 Å². The molecule has 1 aliphatic rings. The van der Waals surface area contributed by atoms with Gasteiger partial charge < -0.3 is 15.0 Å². The van der Waals surface area contributed by atoms with Gasteiger partial charge in [0.2, 0.25) is 0 Å². The van der Waals surface area contributed by atoms with Crippen molar-refractivity contribution >= 4 is 22.9 Å². The van der Waals surface area contributed by atoms with Gasteiger partial charge in [0.05, 0.1) is 11.7 Å². The lowest BCUT2D eigenvalue weighted by Gasteiger charge is -2.29. The van der Waals surface area contributed by atoms with Crippen molar-refractivity contribution in [3.63, 3.8) is 0 Å². The Morgan fingerprint density at radius 3 is 3.19 bits per heavy atom. The molecular weight excluding hydrogens is 272 g/mol. The Labute approximate surface area is 119 Å². The number of nitrogens with zero attached hydrogens (tertiary/aromatic N) is 5. The minimum Gasteiger partial charge on any atom is -0.465 e. The van der Waals surface area contributed by atoms with Crippen LogP contribution in [0.4, 0.5) is 4.79 Å². The Bertz CT molecular complexity index is 822. The number of amides is 1. The first kappa shape index (κ1) is 12.1. The van der Waals surface area contributed by atoms with Crippen LogP contribution in [0.3, 0.4) is 0 Å². The zero-order valence-electron chi connectivity index (χ0n) is 11.2. The molecule has 0 aromatic carbocycles. The van der Waals surface area contributed by atoms with Crippen molar-refractivity contribution in [3.05, 3.63) is 24.3 Å². The Hall–Kier alpha value is -2.64. The van der Waals surface area contributed by atoms with E-state index in [9.17, 15) is 9.90 Å². The number of rotatable bonds is 1. The van der Waals surface area contributed by atoms with E-state index in [-0.39, 0.29) is 5.92 Å². The summed E-state index contributed by atoms with van der Waals surface area (Å²) < 4.78 is 1.97. The quantitative estimate of drug-likeness (QED) is 0.705. The molecule has 0 saturated carbocycles. The number of aromatic nitrogens is 5. The summed E-state index contributed by atoms with van der Waals surface area (Å²) in [4.78, 5) is 20.0. The summed E-state index contributed by atoms with van der Waals surface area (Å²) in [7, 11) is 0. The number of carboxylic acid groups (broad SMARTS) is 1. The van der Waals surface area contributed by atoms with Gasteiger partial charge >= 0.3 is 6.09 Å². The van der Waals surface area contributed by atoms with Gasteiger partial charge in [-0.25, -0.2) is 9.78 Å². The molecule has 108 valence electrons. The first-order valence-corrected chi connectivity index (χ1v) is 6.89. The lowest BCUT2D eigenvalue weighted by molar-refractivity contribution is 0.129. The van der Waals surface area contributed by atoms with E-state index in [2.05, 4.69) is 20.2 Å². The molecule has 2 N–H and O–H groups in total. The molecule has 1 fully saturated rings. The third-order valence-electron chi connectivity index (χ3n) is 4.02. The molecule has 1 aliphatic heterocycles. The van der Waals surface area contributed by atoms with Crippen molar-refractivity contribution in [2.45, 2.75) is 18.8 Å². The van der Waals surface area contributed by atoms with E-state index in [0.717, 1.165) is 29.8 Å². The van der Waals surface area contributed by atoms with Crippen molar-refractivity contribution in [1.29, 1.82) is 0 Å². The number of H-pyrrole nitrogens is 1. The molecule has 0 aliphatic carbocycles. The summed E-state index contributed by atoms with van der Waals surface area (Å²) in [5.41, 5.74) is 2.37. The average molecular weight is 286 g/mol. The average Bonchev–Trinajstić information content (AvgIpc) is 3.13. The van der Waals surface area contributed by atoms with Crippen LogP contribution in [0.2, 0.25) is 0 Å². The zero-order chi connectivity index (χ0) is 14.4. The lowest BCUT2D eigenvalue weighted by atomic mass is 9.97. The van der Waals surface area contributed by atoms with Crippen LogP contribution in [-0.2, 0) is 0 Å². The van der Waals surface area contributed by atoms with Gasteiger partial charge in [0, 0.05) is 25.2 Å². The maximum absolute atomic E-state index is 11.2. The van der Waals surface area contributed by atoms with Crippen LogP contribution in [0.5, 0.6) is 0 Å². The predicted molar refractivity (Wildman–Crippen MR) is 74.2 cm³/mol. The minimum atomic E-state index is -0.873. The number of carbonyl (C=O) groups is 1. The second kappa shape index (κ2) is 4.44. The normalized spacial score (nSPS) is 19.4. The summed E-state index contributed by atoms with van der Waals surface area (Å²) in [6.45, 7) is 1.05. The molecule has 21 heavy (non-hydrogen) atoms. The summed E-state index contributed by atoms with van der Waals surface area (Å²) in [6, 6.07) is 1.93. The van der Waals surface area contributed by atoms with Gasteiger partial charge in [0.1, 0.15) is 5.82 Å². The van der Waals surface area contributed by atoms with Gasteiger partial charge in [-0.3, -0.25) is 4.40 Å². The molecule has 1 saturated heterocycles. The number of aromatic amines is 1. The van der Waals surface area contributed by atoms with Gasteiger partial charge in [0.15, 0.2) is 11.3 Å². The number of likely N-dealkylation sites (tertiary alicyclic amines) is 1. The Balaban J connectivity index is 1.82. The van der Waals surface area contributed by atoms with E-state index in [1.165, 1.54) is 4.90 Å². The molecule has 4 rings (SSSR count). The van der Waals surface area contributed by atoms with Crippen LogP contribution in [0, 0.1) is 0 Å². The standard InChI is InChI=1S/C13H14N6O2/c20-13(21)18-5-1-2-8(7-18)12-17-16-10-6-15-11-9(19(10)12)3-4-14-11/h3-4,6,8,14H,1-2,5,7H2,(H,20,21). The number of fused-ring (bicyclic) bond motifs is 3. The molecule has 4 heterocycles. The number of hydrogen-bond donors (Lipinski definition) is 2. The number of hydrogen-bond acceptors (Lipinski definition) is 4. The maximum atomic E-state index is 11.2. The topological polar surface area (TPSA) is 99.4 Å². The molecule has 0 bridgehead atoms. The van der Waals surface area contributed by atoms with Crippen LogP contribution in [0.25, 0.3) is 16.8 Å². The van der Waals surface area contributed by atoms with Gasteiger partial charge in [-0.15, -0.1) is 10.2 Å². The maximum Gasteiger partial charge on any atom is 0.407 e. The van der Waals surface area contributed by atoms with E-state index in [0.29, 0.717) is 18.7 Å². The van der Waals surface area contributed by atoms with Crippen LogP contribution in [0.15, 0.2) is 18.5 Å². The first-order valence-electron chi connectivity index (χ1n) is 6.89. The molecule has 3 aromatic rings. The molecule has 1 amide bonds. The van der Waals surface area contributed by atoms with E-state index >= 15 is 0 Å². The molecule has 0 spiro atoms. The largest absolute Gasteiger partial charge is 0.465 e. The molecule has 1 atom stereocenters. The van der Waals surface area contributed by atoms with Crippen LogP contribution in [0.1, 0.15) is 24.6 Å². The summed E-state index contributed by atoms with van der Waals surface area (Å²) >= 11 is 0. The van der Waals surface area contributed by atoms with Crippen molar-refractivity contribution < 1.29 is 9.90 Å². The summed E-state index contributed by atoms with van der Waals surface area (Å²) in [5, 5.41) is 17.6. The molecule has 8 heteroatoms. The lowest BCUT2D eigenvalue weighted by Crippen LogP contribution is -2.38. The second-order valence-electron chi connectivity index (χ2n) is 5.29. The summed E-state index contributed by atoms with van der Waals surface area (Å²) in [6.07, 6.45) is 4.38. The highest BCUT2D eigenvalue weighted by molar-refractivity contribution is 5.74. The Kier molecular flexibility index (Phi) is 2.56. The number of piperidine rings is 1. The smallest absolute Gasteiger partial charge is 0.407 e. The van der Waals surface area contributed by atoms with Crippen molar-refractivity contribution in [2.24, 2.45) is 0 Å². The Morgan fingerprint density at radius 1 is 1.43 bits per heavy atom. The van der Waals surface area contributed by atoms with Gasteiger partial charge in [-0.2, -0.15) is 0 Å². The monoisotopic (exact) mass is 286 g/mol. The van der Waals surface area contributed by atoms with E-state index < -0.39 is 6.09 Å². The van der Waals surface area contributed by atoms with Crippen LogP contribution >= 0.6 is 0 Å². The van der Waals surface area contributed by atoms with Crippen molar-refractivity contribution in [3.8, 4) is 0 Å². The van der Waals surface area contributed by atoms with Gasteiger partial charge in [0.25, 0.3) is 0 Å². The van der Waals surface area contributed by atoms with Crippen molar-refractivity contribution in [2.75, 3.05) is 13.1 Å². The fourth-order valence-corrected chi connectivity index (χ4v) is 3.02. The van der Waals surface area contributed by atoms with Crippen molar-refractivity contribution in [1.82, 2.24) is 29.5 Å². The number of nitrogens with one attached hydrogen (secondary N) is 1. The molecule has 1 unspecified atom stereocenters. The van der Waals surface area contributed by atoms with Gasteiger partial charge in [-0.1, -0.05) is 0 Å². The first-order chi connectivity index (χ1) is 10.2. The molecule has 3 aromatic heterocycles. The molecular formula is C13H14N6O2. The third kappa shape index (κ3) is 1.83. The van der Waals surface area contributed by atoms with E-state index in [1.807, 2.05) is 16.7 Å². The fourth-order valence-electron chi connectivity index (χ4n) is 3.02. The minimum absolute atomic E-state index is 0.0605. The summed E-state index contributed by atoms with van der Waals surface area (Å²) in [5.74, 6) is 0.869. The third-order valence-corrected chi connectivity index (χ3v) is 4.02. The highest BCUT2D eigenvalue weighted by Gasteiger charge is 2.28. The highest BCUT2D eigenvalue weighted by Crippen LogP contribution is 2.27. The van der Waals surface area contributed by atoms with Crippen LogP contribution < -0.4 is 0 Å². The SMILES string of the molecule is O=C(O)N1CCCC(c2nnc3cnc4[nH]ccc4n23)C1. The second-order valence-corrected chi connectivity index (χ2v) is 5.29.